The molecule has 0 aliphatic heterocycles. The molecule has 0 spiro atoms. The summed E-state index contributed by atoms with van der Waals surface area (Å²) in [4.78, 5) is 17.9. The van der Waals surface area contributed by atoms with Crippen molar-refractivity contribution < 1.29 is 4.74 Å². The molecule has 18 heavy (non-hydrogen) atoms. The van der Waals surface area contributed by atoms with E-state index in [9.17, 15) is 4.79 Å². The van der Waals surface area contributed by atoms with Gasteiger partial charge in [0.05, 0.1) is 31.4 Å². The molecule has 0 aromatic carbocycles. The van der Waals surface area contributed by atoms with E-state index < -0.39 is 0 Å². The molecule has 2 rings (SSSR count). The van der Waals surface area contributed by atoms with Crippen molar-refractivity contribution in [2.45, 2.75) is 6.54 Å². The van der Waals surface area contributed by atoms with Gasteiger partial charge >= 0.3 is 0 Å². The van der Waals surface area contributed by atoms with Gasteiger partial charge in [0.1, 0.15) is 4.47 Å². The molecule has 8 heteroatoms. The van der Waals surface area contributed by atoms with Gasteiger partial charge in [-0.1, -0.05) is 0 Å². The summed E-state index contributed by atoms with van der Waals surface area (Å²) in [5, 5.41) is 7.15. The van der Waals surface area contributed by atoms with Gasteiger partial charge in [-0.2, -0.15) is 5.10 Å². The Morgan fingerprint density at radius 2 is 2.44 bits per heavy atom. The second-order valence-corrected chi connectivity index (χ2v) is 4.30. The normalized spacial score (nSPS) is 10.6. The van der Waals surface area contributed by atoms with E-state index in [1.165, 1.54) is 6.33 Å². The van der Waals surface area contributed by atoms with Crippen molar-refractivity contribution in [1.82, 2.24) is 19.7 Å². The van der Waals surface area contributed by atoms with E-state index in [1.54, 1.807) is 18.0 Å². The number of hydrogen-bond donors (Lipinski definition) is 2. The molecule has 0 radical (unpaired) electrons. The maximum Gasteiger partial charge on any atom is 0.267 e. The molecule has 0 fully saturated rings. The van der Waals surface area contributed by atoms with Crippen molar-refractivity contribution >= 4 is 27.4 Å². The highest BCUT2D eigenvalue weighted by Gasteiger charge is 2.06. The van der Waals surface area contributed by atoms with Crippen molar-refractivity contribution in [3.05, 3.63) is 33.5 Å². The van der Waals surface area contributed by atoms with Crippen LogP contribution in [0.1, 0.15) is 0 Å². The predicted octanol–water partition coefficient (Wildman–Crippen LogP) is 1.12. The third kappa shape index (κ3) is 2.96. The van der Waals surface area contributed by atoms with Crippen LogP contribution in [0.4, 0.5) is 11.5 Å². The number of rotatable bonds is 5. The SMILES string of the molecule is COCCn1cc(Nc2nc[nH]c(=O)c2Br)cn1. The van der Waals surface area contributed by atoms with E-state index in [4.69, 9.17) is 4.74 Å². The minimum Gasteiger partial charge on any atom is -0.383 e. The van der Waals surface area contributed by atoms with E-state index in [0.29, 0.717) is 23.4 Å². The van der Waals surface area contributed by atoms with Crippen molar-refractivity contribution in [3.63, 3.8) is 0 Å². The number of halogens is 1. The molecule has 0 aliphatic rings. The number of aromatic amines is 1. The highest BCUT2D eigenvalue weighted by atomic mass is 79.9. The number of ether oxygens (including phenoxy) is 1. The van der Waals surface area contributed by atoms with Crippen LogP contribution in [0.15, 0.2) is 28.0 Å². The lowest BCUT2D eigenvalue weighted by molar-refractivity contribution is 0.183. The van der Waals surface area contributed by atoms with Crippen LogP contribution < -0.4 is 10.9 Å². The second-order valence-electron chi connectivity index (χ2n) is 3.50. The van der Waals surface area contributed by atoms with Gasteiger partial charge in [0, 0.05) is 13.3 Å². The average Bonchev–Trinajstić information content (AvgIpc) is 2.80. The van der Waals surface area contributed by atoms with Crippen molar-refractivity contribution in [2.75, 3.05) is 19.0 Å². The summed E-state index contributed by atoms with van der Waals surface area (Å²) in [5.74, 6) is 0.449. The standard InChI is InChI=1S/C10H12BrN5O2/c1-18-3-2-16-5-7(4-14-16)15-9-8(11)10(17)13-6-12-9/h4-6H,2-3H2,1H3,(H2,12,13,15,17). The van der Waals surface area contributed by atoms with Gasteiger partial charge in [0.25, 0.3) is 5.56 Å². The summed E-state index contributed by atoms with van der Waals surface area (Å²) < 4.78 is 7.06. The zero-order valence-electron chi connectivity index (χ0n) is 9.68. The fraction of sp³-hybridized carbons (Fsp3) is 0.300. The maximum atomic E-state index is 11.4. The zero-order chi connectivity index (χ0) is 13.0. The van der Waals surface area contributed by atoms with E-state index in [0.717, 1.165) is 5.69 Å². The lowest BCUT2D eigenvalue weighted by Crippen LogP contribution is -2.09. The Hall–Kier alpha value is -1.67. The fourth-order valence-electron chi connectivity index (χ4n) is 1.34. The Kier molecular flexibility index (Phi) is 4.11. The molecule has 0 saturated heterocycles. The summed E-state index contributed by atoms with van der Waals surface area (Å²) >= 11 is 3.17. The Morgan fingerprint density at radius 3 is 3.22 bits per heavy atom. The molecule has 0 bridgehead atoms. The molecular formula is C10H12BrN5O2. The predicted molar refractivity (Wildman–Crippen MR) is 69.9 cm³/mol. The first-order chi connectivity index (χ1) is 8.70. The van der Waals surface area contributed by atoms with Crippen molar-refractivity contribution in [2.24, 2.45) is 0 Å². The molecule has 0 unspecified atom stereocenters. The molecule has 0 aliphatic carbocycles. The average molecular weight is 314 g/mol. The van der Waals surface area contributed by atoms with Crippen LogP contribution in [-0.4, -0.2) is 33.5 Å². The maximum absolute atomic E-state index is 11.4. The van der Waals surface area contributed by atoms with Gasteiger partial charge in [0.2, 0.25) is 0 Å². The third-order valence-corrected chi connectivity index (χ3v) is 2.95. The highest BCUT2D eigenvalue weighted by Crippen LogP contribution is 2.18. The van der Waals surface area contributed by atoms with Crippen molar-refractivity contribution in [3.8, 4) is 0 Å². The summed E-state index contributed by atoms with van der Waals surface area (Å²) in [5.41, 5.74) is 0.518. The van der Waals surface area contributed by atoms with E-state index in [2.05, 4.69) is 36.3 Å². The minimum absolute atomic E-state index is 0.237. The number of anilines is 2. The molecule has 2 heterocycles. The Balaban J connectivity index is 2.11. The number of aromatic nitrogens is 4. The lowest BCUT2D eigenvalue weighted by atomic mass is 10.5. The first kappa shape index (κ1) is 12.8. The Labute approximate surface area is 111 Å². The quantitative estimate of drug-likeness (QED) is 0.864. The molecule has 0 saturated carbocycles. The highest BCUT2D eigenvalue weighted by molar-refractivity contribution is 9.10. The molecule has 0 amide bonds. The van der Waals surface area contributed by atoms with E-state index in [-0.39, 0.29) is 5.56 Å². The molecule has 2 aromatic heterocycles. The second kappa shape index (κ2) is 5.78. The fourth-order valence-corrected chi connectivity index (χ4v) is 1.66. The van der Waals surface area contributed by atoms with Gasteiger partial charge in [-0.25, -0.2) is 4.98 Å². The van der Waals surface area contributed by atoms with Crippen LogP contribution in [0.3, 0.4) is 0 Å². The van der Waals surface area contributed by atoms with E-state index >= 15 is 0 Å². The Bertz CT molecular complexity index is 580. The number of methoxy groups -OCH3 is 1. The summed E-state index contributed by atoms with van der Waals surface area (Å²) in [6.07, 6.45) is 4.81. The van der Waals surface area contributed by atoms with Gasteiger partial charge in [0.15, 0.2) is 5.82 Å². The zero-order valence-corrected chi connectivity index (χ0v) is 11.3. The number of nitrogens with zero attached hydrogens (tertiary/aromatic N) is 3. The van der Waals surface area contributed by atoms with Crippen LogP contribution >= 0.6 is 15.9 Å². The number of H-pyrrole nitrogens is 1. The van der Waals surface area contributed by atoms with Crippen LogP contribution in [0, 0.1) is 0 Å². The molecule has 2 aromatic rings. The summed E-state index contributed by atoms with van der Waals surface area (Å²) in [6, 6.07) is 0. The van der Waals surface area contributed by atoms with Gasteiger partial charge in [-0.05, 0) is 15.9 Å². The number of hydrogen-bond acceptors (Lipinski definition) is 5. The largest absolute Gasteiger partial charge is 0.383 e. The summed E-state index contributed by atoms with van der Waals surface area (Å²) in [7, 11) is 1.64. The molecular weight excluding hydrogens is 302 g/mol. The first-order valence-corrected chi connectivity index (χ1v) is 6.01. The molecule has 96 valence electrons. The third-order valence-electron chi connectivity index (χ3n) is 2.22. The van der Waals surface area contributed by atoms with Gasteiger partial charge < -0.3 is 15.0 Å². The van der Waals surface area contributed by atoms with Gasteiger partial charge in [-0.15, -0.1) is 0 Å². The molecule has 2 N–H and O–H groups in total. The number of nitrogens with one attached hydrogen (secondary N) is 2. The van der Waals surface area contributed by atoms with Crippen molar-refractivity contribution in [1.29, 1.82) is 0 Å². The Morgan fingerprint density at radius 1 is 1.61 bits per heavy atom. The van der Waals surface area contributed by atoms with E-state index in [1.807, 2.05) is 6.20 Å². The van der Waals surface area contributed by atoms with Gasteiger partial charge in [-0.3, -0.25) is 9.48 Å². The molecule has 0 atom stereocenters. The van der Waals surface area contributed by atoms with Crippen LogP contribution in [-0.2, 0) is 11.3 Å². The van der Waals surface area contributed by atoms with Crippen LogP contribution in [0.5, 0.6) is 0 Å². The summed E-state index contributed by atoms with van der Waals surface area (Å²) in [6.45, 7) is 1.26. The monoisotopic (exact) mass is 313 g/mol. The van der Waals surface area contributed by atoms with Crippen LogP contribution in [0.25, 0.3) is 0 Å². The molecule has 7 nitrogen and oxygen atoms in total. The lowest BCUT2D eigenvalue weighted by Gasteiger charge is -2.03. The smallest absolute Gasteiger partial charge is 0.267 e. The topological polar surface area (TPSA) is 84.8 Å². The van der Waals surface area contributed by atoms with Crippen LogP contribution in [0.2, 0.25) is 0 Å². The minimum atomic E-state index is -0.237. The first-order valence-electron chi connectivity index (χ1n) is 5.22.